The van der Waals surface area contributed by atoms with E-state index in [2.05, 4.69) is 10.3 Å². The van der Waals surface area contributed by atoms with Gasteiger partial charge in [-0.05, 0) is 33.2 Å². The van der Waals surface area contributed by atoms with Crippen molar-refractivity contribution in [2.75, 3.05) is 47.1 Å². The second-order valence-corrected chi connectivity index (χ2v) is 16.9. The summed E-state index contributed by atoms with van der Waals surface area (Å²) in [7, 11) is -3.37. The third-order valence-electron chi connectivity index (χ3n) is 7.27. The van der Waals surface area contributed by atoms with Crippen LogP contribution in [0.5, 0.6) is 0 Å². The number of hydrogen-bond donors (Lipinski definition) is 2. The second-order valence-electron chi connectivity index (χ2n) is 11.1. The maximum Gasteiger partial charge on any atom is 0.345 e. The summed E-state index contributed by atoms with van der Waals surface area (Å²) in [5.74, 6) is -1.48. The number of amides is 2. The van der Waals surface area contributed by atoms with E-state index in [1.807, 2.05) is 0 Å². The molecule has 2 N–H and O–H groups in total. The Hall–Kier alpha value is -2.51. The molecule has 0 bridgehead atoms. The molecule has 3 aliphatic rings. The molecule has 2 unspecified atom stereocenters. The van der Waals surface area contributed by atoms with Gasteiger partial charge in [-0.1, -0.05) is 19.1 Å². The molecular weight excluding hydrogens is 595 g/mol. The van der Waals surface area contributed by atoms with Gasteiger partial charge in [0.15, 0.2) is 6.23 Å². The lowest BCUT2D eigenvalue weighted by Crippen LogP contribution is -2.48. The van der Waals surface area contributed by atoms with Crippen LogP contribution in [0.3, 0.4) is 0 Å². The zero-order chi connectivity index (χ0) is 31.0. The number of hydrogen-bond acceptors (Lipinski definition) is 9. The normalized spacial score (nSPS) is 32.4. The fraction of sp³-hybridized carbons (Fsp3) is 0.600. The number of alkyl halides is 1. The molecule has 232 valence electrons. The molecule has 4 heterocycles. The zero-order valence-corrected chi connectivity index (χ0v) is 25.7. The molecule has 2 saturated heterocycles. The van der Waals surface area contributed by atoms with E-state index in [4.69, 9.17) is 14.0 Å². The van der Waals surface area contributed by atoms with Gasteiger partial charge >= 0.3 is 13.4 Å². The number of nitrogens with zero attached hydrogens (tertiary/aromatic N) is 3. The van der Waals surface area contributed by atoms with E-state index in [9.17, 15) is 28.3 Å². The first kappa shape index (κ1) is 32.4. The molecule has 4 rings (SSSR count). The molecular formula is C25H36FN5O9P2. The van der Waals surface area contributed by atoms with E-state index in [-0.39, 0.29) is 19.7 Å². The first-order valence-electron chi connectivity index (χ1n) is 13.3. The van der Waals surface area contributed by atoms with Crippen LogP contribution in [0.2, 0.25) is 0 Å². The van der Waals surface area contributed by atoms with Crippen LogP contribution < -0.4 is 16.6 Å². The van der Waals surface area contributed by atoms with Gasteiger partial charge in [-0.2, -0.15) is 0 Å². The fourth-order valence-electron chi connectivity index (χ4n) is 4.96. The lowest BCUT2D eigenvalue weighted by molar-refractivity contribution is -0.135. The third-order valence-corrected chi connectivity index (χ3v) is 10.7. The van der Waals surface area contributed by atoms with E-state index in [1.165, 1.54) is 27.4 Å². The summed E-state index contributed by atoms with van der Waals surface area (Å²) in [6, 6.07) is 1.16. The number of aromatic nitrogens is 2. The minimum absolute atomic E-state index is 0.0388. The van der Waals surface area contributed by atoms with Crippen LogP contribution in [-0.2, 0) is 32.7 Å². The van der Waals surface area contributed by atoms with Gasteiger partial charge in [-0.25, -0.2) is 18.5 Å². The molecule has 1 aromatic heterocycles. The Kier molecular flexibility index (Phi) is 9.73. The van der Waals surface area contributed by atoms with Gasteiger partial charge in [0, 0.05) is 30.8 Å². The van der Waals surface area contributed by atoms with Crippen molar-refractivity contribution in [3.63, 3.8) is 0 Å². The average molecular weight is 632 g/mol. The molecule has 0 spiro atoms. The maximum atomic E-state index is 15.3. The molecule has 8 atom stereocenters. The Labute approximate surface area is 241 Å². The molecule has 14 nitrogen and oxygen atoms in total. The van der Waals surface area contributed by atoms with Crippen LogP contribution in [0.15, 0.2) is 45.9 Å². The third kappa shape index (κ3) is 7.16. The average Bonchev–Trinajstić information content (AvgIpc) is 3.18. The number of imide groups is 1. The number of carbonyl (C=O) groups excluding carboxylic acids is 2. The number of ether oxygens (including phenoxy) is 2. The molecule has 0 aromatic carbocycles. The molecule has 2 fully saturated rings. The van der Waals surface area contributed by atoms with Gasteiger partial charge in [-0.3, -0.25) is 33.8 Å². The fourth-order valence-corrected chi connectivity index (χ4v) is 7.52. The van der Waals surface area contributed by atoms with Gasteiger partial charge in [0.1, 0.15) is 19.4 Å². The summed E-state index contributed by atoms with van der Waals surface area (Å²) in [6.45, 7) is 4.40. The van der Waals surface area contributed by atoms with Crippen molar-refractivity contribution < 1.29 is 37.1 Å². The van der Waals surface area contributed by atoms with Crippen molar-refractivity contribution in [2.24, 2.45) is 11.8 Å². The molecule has 1 aromatic rings. The zero-order valence-electron chi connectivity index (χ0n) is 23.9. The van der Waals surface area contributed by atoms with Crippen LogP contribution >= 0.6 is 14.8 Å². The quantitative estimate of drug-likeness (QED) is 0.296. The van der Waals surface area contributed by atoms with E-state index >= 15 is 4.39 Å². The second kappa shape index (κ2) is 12.6. The summed E-state index contributed by atoms with van der Waals surface area (Å²) in [5, 5.41) is 2.14. The van der Waals surface area contributed by atoms with Crippen molar-refractivity contribution in [2.45, 2.75) is 37.6 Å². The van der Waals surface area contributed by atoms with E-state index < -0.39 is 80.4 Å². The summed E-state index contributed by atoms with van der Waals surface area (Å²) in [6.07, 6.45) is -0.0328. The van der Waals surface area contributed by atoms with Crippen LogP contribution in [0.4, 0.5) is 4.39 Å². The summed E-state index contributed by atoms with van der Waals surface area (Å²) in [4.78, 5) is 50.1. The lowest BCUT2D eigenvalue weighted by Gasteiger charge is -2.42. The van der Waals surface area contributed by atoms with E-state index in [0.717, 1.165) is 16.7 Å². The number of halogens is 1. The number of H-pyrrole nitrogens is 1. The Balaban J connectivity index is 1.57. The molecule has 42 heavy (non-hydrogen) atoms. The van der Waals surface area contributed by atoms with Crippen molar-refractivity contribution in [3.8, 4) is 0 Å². The van der Waals surface area contributed by atoms with E-state index in [0.29, 0.717) is 0 Å². The largest absolute Gasteiger partial charge is 0.368 e. The highest BCUT2D eigenvalue weighted by atomic mass is 31.2. The Morgan fingerprint density at radius 1 is 1.17 bits per heavy atom. The predicted octanol–water partition coefficient (Wildman–Crippen LogP) is 1.13. The molecule has 2 amide bonds. The topological polar surface area (TPSA) is 169 Å². The summed E-state index contributed by atoms with van der Waals surface area (Å²) < 4.78 is 64.0. The number of nitrogens with one attached hydrogen (secondary N) is 2. The van der Waals surface area contributed by atoms with Crippen LogP contribution in [-0.4, -0.2) is 102 Å². The highest BCUT2D eigenvalue weighted by molar-refractivity contribution is 7.65. The van der Waals surface area contributed by atoms with Gasteiger partial charge in [0.05, 0.1) is 31.3 Å². The number of morpholine rings is 1. The standard InChI is InChI=1S/C25H36FN5O9P2/c1-15-18(40-23(22(15)26)17-6-7-19(32)27-24(17)34)14-38-42(37,29(2)3)30-12-16(9-11-41(4,5)36)39-21(13-30)31-10-8-20(33)28-25(31)35/h6-11,15-18,21-23H,12-14H2,1-5H3,(H,27,32,34)(H,28,33,35)/b11-9+/t15-,16-,17?,18-,21-,22-,23+,42?/m1/s1. The van der Waals surface area contributed by atoms with Crippen molar-refractivity contribution in [1.29, 1.82) is 0 Å². The monoisotopic (exact) mass is 631 g/mol. The van der Waals surface area contributed by atoms with Gasteiger partial charge in [0.2, 0.25) is 11.8 Å². The SMILES string of the molecule is C[C@H]1[C@@H](F)[C@H](C2C=CC(=O)NC2=O)O[C@@H]1COP(=O)(N(C)C)N1C[C@@H](/C=C/P(C)(C)=O)O[C@@H](n2ccc(=O)[nH]c2=O)C1. The Morgan fingerprint density at radius 3 is 2.50 bits per heavy atom. The summed E-state index contributed by atoms with van der Waals surface area (Å²) in [5.41, 5.74) is -1.33. The smallest absolute Gasteiger partial charge is 0.345 e. The number of carbonyl (C=O) groups is 2. The van der Waals surface area contributed by atoms with Crippen molar-refractivity contribution >= 4 is 26.6 Å². The van der Waals surface area contributed by atoms with Gasteiger partial charge in [0.25, 0.3) is 5.56 Å². The first-order valence-corrected chi connectivity index (χ1v) is 17.5. The van der Waals surface area contributed by atoms with Crippen LogP contribution in [0, 0.1) is 11.8 Å². The van der Waals surface area contributed by atoms with Crippen molar-refractivity contribution in [1.82, 2.24) is 24.2 Å². The minimum Gasteiger partial charge on any atom is -0.368 e. The highest BCUT2D eigenvalue weighted by Crippen LogP contribution is 2.55. The molecule has 0 radical (unpaired) electrons. The number of rotatable bonds is 9. The molecule has 0 saturated carbocycles. The maximum absolute atomic E-state index is 15.3. The van der Waals surface area contributed by atoms with Crippen LogP contribution in [0.1, 0.15) is 13.2 Å². The number of aromatic amines is 1. The van der Waals surface area contributed by atoms with Gasteiger partial charge in [-0.15, -0.1) is 0 Å². The molecule has 17 heteroatoms. The Bertz CT molecular complexity index is 1470. The van der Waals surface area contributed by atoms with E-state index in [1.54, 1.807) is 40.4 Å². The Morgan fingerprint density at radius 2 is 1.88 bits per heavy atom. The predicted molar refractivity (Wildman–Crippen MR) is 151 cm³/mol. The van der Waals surface area contributed by atoms with Crippen molar-refractivity contribution in [3.05, 3.63) is 57.1 Å². The minimum atomic E-state index is -3.87. The molecule has 3 aliphatic heterocycles. The first-order chi connectivity index (χ1) is 19.6. The molecule has 0 aliphatic carbocycles. The summed E-state index contributed by atoms with van der Waals surface area (Å²) >= 11 is 0. The van der Waals surface area contributed by atoms with Crippen LogP contribution in [0.25, 0.3) is 0 Å². The highest BCUT2D eigenvalue weighted by Gasteiger charge is 2.50. The van der Waals surface area contributed by atoms with Gasteiger partial charge < -0.3 is 18.6 Å². The lowest BCUT2D eigenvalue weighted by atomic mass is 9.91.